The number of aliphatic imine (C=N–C) groups is 1. The number of amides is 3. The highest BCUT2D eigenvalue weighted by molar-refractivity contribution is 5.75. The van der Waals surface area contributed by atoms with Crippen LogP contribution in [0.5, 0.6) is 0 Å². The van der Waals surface area contributed by atoms with E-state index in [0.717, 1.165) is 70.5 Å². The number of nitrogens with zero attached hydrogens (tertiary/aromatic N) is 5. The molecule has 200 valence electrons. The lowest BCUT2D eigenvalue weighted by atomic mass is 9.64. The van der Waals surface area contributed by atoms with Gasteiger partial charge in [0.05, 0.1) is 18.8 Å². The largest absolute Gasteiger partial charge is 0.450 e. The first-order valence-corrected chi connectivity index (χ1v) is 13.9. The van der Waals surface area contributed by atoms with Gasteiger partial charge in [0.2, 0.25) is 0 Å². The van der Waals surface area contributed by atoms with Crippen LogP contribution in [0.2, 0.25) is 0 Å². The van der Waals surface area contributed by atoms with Crippen LogP contribution in [-0.2, 0) is 4.74 Å². The Labute approximate surface area is 217 Å². The predicted molar refractivity (Wildman–Crippen MR) is 143 cm³/mol. The number of hydrogen-bond donors (Lipinski definition) is 0. The number of allylic oxidation sites excluding steroid dienone is 3. The molecule has 8 nitrogen and oxygen atoms in total. The first kappa shape index (κ1) is 26.7. The number of urea groups is 1. The molecule has 0 aromatic rings. The van der Waals surface area contributed by atoms with Crippen LogP contribution >= 0.6 is 0 Å². The summed E-state index contributed by atoms with van der Waals surface area (Å²) in [7, 11) is 1.87. The smallest absolute Gasteiger partial charge is 0.409 e. The highest BCUT2D eigenvalue weighted by atomic mass is 16.6. The van der Waals surface area contributed by atoms with E-state index in [1.807, 2.05) is 44.0 Å². The van der Waals surface area contributed by atoms with Gasteiger partial charge in [0.25, 0.3) is 0 Å². The minimum Gasteiger partial charge on any atom is -0.450 e. The Bertz CT molecular complexity index is 857. The van der Waals surface area contributed by atoms with Crippen LogP contribution < -0.4 is 0 Å². The SMILES string of the molecule is C=N/C(=C\C=C/C)CN(C)C(=O)N1CCC[C@H]1C1CCN(C2CC3(CCN(C(=O)OCC)C3)C2)CC1. The molecule has 8 heteroatoms. The Morgan fingerprint density at radius 2 is 1.92 bits per heavy atom. The summed E-state index contributed by atoms with van der Waals surface area (Å²) in [6.45, 7) is 13.2. The molecule has 1 aliphatic carbocycles. The Morgan fingerprint density at radius 1 is 1.17 bits per heavy atom. The summed E-state index contributed by atoms with van der Waals surface area (Å²) in [6.07, 6.45) is 13.7. The van der Waals surface area contributed by atoms with Gasteiger partial charge in [-0.25, -0.2) is 9.59 Å². The molecule has 1 spiro atoms. The molecule has 3 amide bonds. The molecule has 1 atom stereocenters. The molecule has 3 aliphatic heterocycles. The van der Waals surface area contributed by atoms with Gasteiger partial charge in [-0.1, -0.05) is 12.2 Å². The molecule has 1 saturated carbocycles. The van der Waals surface area contributed by atoms with E-state index < -0.39 is 0 Å². The van der Waals surface area contributed by atoms with E-state index in [1.165, 1.54) is 12.8 Å². The summed E-state index contributed by atoms with van der Waals surface area (Å²) in [5.41, 5.74) is 1.12. The summed E-state index contributed by atoms with van der Waals surface area (Å²) in [5, 5.41) is 0. The summed E-state index contributed by atoms with van der Waals surface area (Å²) in [4.78, 5) is 38.0. The maximum atomic E-state index is 13.3. The Balaban J connectivity index is 1.24. The quantitative estimate of drug-likeness (QED) is 0.385. The minimum absolute atomic E-state index is 0.114. The predicted octanol–water partition coefficient (Wildman–Crippen LogP) is 4.39. The molecular formula is C28H45N5O3. The van der Waals surface area contributed by atoms with Gasteiger partial charge < -0.3 is 24.3 Å². The van der Waals surface area contributed by atoms with E-state index >= 15 is 0 Å². The molecule has 0 aromatic heterocycles. The third kappa shape index (κ3) is 5.79. The van der Waals surface area contributed by atoms with Crippen LogP contribution in [0, 0.1) is 11.3 Å². The number of carbonyl (C=O) groups is 2. The highest BCUT2D eigenvalue weighted by Gasteiger charge is 2.51. The van der Waals surface area contributed by atoms with E-state index in [2.05, 4.69) is 21.5 Å². The van der Waals surface area contributed by atoms with Crippen molar-refractivity contribution in [2.45, 2.75) is 70.9 Å². The van der Waals surface area contributed by atoms with Gasteiger partial charge in [-0.05, 0) is 96.0 Å². The standard InChI is InChI=1S/C28H45N5O3/c1-5-7-9-23(29-3)20-30(4)26(34)33-14-8-10-25(33)22-11-15-31(16-12-22)24-18-28(19-24)13-17-32(21-28)27(35)36-6-2/h5,7,9,22,24-25H,3,6,8,10-21H2,1-2,4H3/b7-5-,23-9-/t24?,25-,28?/m0/s1. The van der Waals surface area contributed by atoms with Crippen LogP contribution in [0.3, 0.4) is 0 Å². The van der Waals surface area contributed by atoms with Crippen molar-refractivity contribution in [3.05, 3.63) is 23.9 Å². The fourth-order valence-corrected chi connectivity index (χ4v) is 6.92. The molecule has 0 N–H and O–H groups in total. The summed E-state index contributed by atoms with van der Waals surface area (Å²) >= 11 is 0. The number of carbonyl (C=O) groups excluding carboxylic acids is 2. The fraction of sp³-hybridized carbons (Fsp3) is 0.750. The molecular weight excluding hydrogens is 454 g/mol. The Hall–Kier alpha value is -2.35. The molecule has 0 bridgehead atoms. The molecule has 3 saturated heterocycles. The van der Waals surface area contributed by atoms with Gasteiger partial charge in [-0.15, -0.1) is 0 Å². The second-order valence-electron chi connectivity index (χ2n) is 11.2. The van der Waals surface area contributed by atoms with Crippen molar-refractivity contribution in [3.63, 3.8) is 0 Å². The van der Waals surface area contributed by atoms with E-state index in [-0.39, 0.29) is 12.1 Å². The molecule has 4 aliphatic rings. The Morgan fingerprint density at radius 3 is 2.58 bits per heavy atom. The molecule has 4 fully saturated rings. The van der Waals surface area contributed by atoms with Gasteiger partial charge in [-0.3, -0.25) is 4.99 Å². The van der Waals surface area contributed by atoms with Gasteiger partial charge in [-0.2, -0.15) is 0 Å². The molecule has 36 heavy (non-hydrogen) atoms. The van der Waals surface area contributed by atoms with Crippen molar-refractivity contribution in [3.8, 4) is 0 Å². The van der Waals surface area contributed by atoms with Crippen molar-refractivity contribution < 1.29 is 14.3 Å². The van der Waals surface area contributed by atoms with Gasteiger partial charge in [0, 0.05) is 38.8 Å². The lowest BCUT2D eigenvalue weighted by Gasteiger charge is -2.52. The summed E-state index contributed by atoms with van der Waals surface area (Å²) in [6, 6.07) is 1.11. The first-order chi connectivity index (χ1) is 17.4. The number of likely N-dealkylation sites (N-methyl/N-ethyl adjacent to an activating group) is 1. The van der Waals surface area contributed by atoms with E-state index in [4.69, 9.17) is 4.74 Å². The number of hydrogen-bond acceptors (Lipinski definition) is 5. The first-order valence-electron chi connectivity index (χ1n) is 13.9. The molecule has 4 rings (SSSR count). The molecule has 3 heterocycles. The average Bonchev–Trinajstić information content (AvgIpc) is 3.53. The lowest BCUT2D eigenvalue weighted by molar-refractivity contribution is -0.0148. The third-order valence-electron chi connectivity index (χ3n) is 8.89. The number of piperidine rings is 1. The van der Waals surface area contributed by atoms with Crippen molar-refractivity contribution >= 4 is 18.8 Å². The zero-order valence-electron chi connectivity index (χ0n) is 22.5. The van der Waals surface area contributed by atoms with E-state index in [0.29, 0.717) is 36.6 Å². The topological polar surface area (TPSA) is 68.7 Å². The van der Waals surface area contributed by atoms with E-state index in [9.17, 15) is 9.59 Å². The van der Waals surface area contributed by atoms with Crippen molar-refractivity contribution in [2.75, 3.05) is 52.9 Å². The average molecular weight is 500 g/mol. The second-order valence-corrected chi connectivity index (χ2v) is 11.2. The maximum absolute atomic E-state index is 13.3. The molecule has 0 unspecified atom stereocenters. The van der Waals surface area contributed by atoms with Crippen LogP contribution in [0.4, 0.5) is 9.59 Å². The van der Waals surface area contributed by atoms with Crippen molar-refractivity contribution in [2.24, 2.45) is 16.3 Å². The summed E-state index contributed by atoms with van der Waals surface area (Å²) < 4.78 is 5.20. The monoisotopic (exact) mass is 499 g/mol. The number of rotatable bonds is 7. The maximum Gasteiger partial charge on any atom is 0.409 e. The van der Waals surface area contributed by atoms with Crippen LogP contribution in [0.15, 0.2) is 28.9 Å². The third-order valence-corrected chi connectivity index (χ3v) is 8.89. The minimum atomic E-state index is -0.147. The normalized spacial score (nSPS) is 29.7. The highest BCUT2D eigenvalue weighted by Crippen LogP contribution is 2.51. The second kappa shape index (κ2) is 11.8. The van der Waals surface area contributed by atoms with Crippen LogP contribution in [0.1, 0.15) is 58.8 Å². The Kier molecular flexibility index (Phi) is 8.75. The number of ether oxygens (including phenoxy) is 1. The summed E-state index contributed by atoms with van der Waals surface area (Å²) in [5.74, 6) is 0.580. The van der Waals surface area contributed by atoms with Crippen molar-refractivity contribution in [1.29, 1.82) is 0 Å². The van der Waals surface area contributed by atoms with Crippen LogP contribution in [0.25, 0.3) is 0 Å². The van der Waals surface area contributed by atoms with Gasteiger partial charge in [0.1, 0.15) is 0 Å². The zero-order valence-corrected chi connectivity index (χ0v) is 22.5. The van der Waals surface area contributed by atoms with Gasteiger partial charge in [0.15, 0.2) is 0 Å². The van der Waals surface area contributed by atoms with Crippen LogP contribution in [-0.4, -0.2) is 103 Å². The van der Waals surface area contributed by atoms with E-state index in [1.54, 1.807) is 4.90 Å². The van der Waals surface area contributed by atoms with Crippen molar-refractivity contribution in [1.82, 2.24) is 19.6 Å². The fourth-order valence-electron chi connectivity index (χ4n) is 6.92. The molecule has 0 aromatic carbocycles. The molecule has 0 radical (unpaired) electrons. The number of likely N-dealkylation sites (tertiary alicyclic amines) is 3. The lowest BCUT2D eigenvalue weighted by Crippen LogP contribution is -2.55. The zero-order chi connectivity index (χ0) is 25.7. The van der Waals surface area contributed by atoms with Gasteiger partial charge >= 0.3 is 12.1 Å².